The Bertz CT molecular complexity index is 2230. The zero-order valence-electron chi connectivity index (χ0n) is 46.0. The molecule has 0 aliphatic heterocycles. The van der Waals surface area contributed by atoms with Gasteiger partial charge in [-0.25, -0.2) is 43.7 Å². The van der Waals surface area contributed by atoms with E-state index in [1.54, 1.807) is 71.5 Å². The number of aliphatic imine (C=N–C) groups is 1. The quantitative estimate of drug-likeness (QED) is 0.0337. The van der Waals surface area contributed by atoms with Crippen LogP contribution in [0.1, 0.15) is 171 Å². The van der Waals surface area contributed by atoms with Gasteiger partial charge in [-0.3, -0.25) is 0 Å². The van der Waals surface area contributed by atoms with Crippen molar-refractivity contribution in [3.05, 3.63) is 48.2 Å². The predicted molar refractivity (Wildman–Crippen MR) is 334 cm³/mol. The van der Waals surface area contributed by atoms with E-state index in [9.17, 15) is 33.9 Å². The molecule has 26 heteroatoms. The molecular weight excluding hydrogens is 1600 g/mol. The fourth-order valence-corrected chi connectivity index (χ4v) is 9.09. The summed E-state index contributed by atoms with van der Waals surface area (Å²) in [5.41, 5.74) is 2.99. The summed E-state index contributed by atoms with van der Waals surface area (Å²) in [6.07, 6.45) is 7.97. The Morgan fingerprint density at radius 2 is 1.03 bits per heavy atom. The number of nitrogens with zero attached hydrogens (tertiary/aromatic N) is 6. The number of hydrogen-bond acceptors (Lipinski definition) is 16. The molecule has 4 N–H and O–H groups in total. The minimum absolute atomic E-state index is 0.0331. The van der Waals surface area contributed by atoms with Crippen molar-refractivity contribution < 1.29 is 56.6 Å². The van der Waals surface area contributed by atoms with Gasteiger partial charge in [0.2, 0.25) is 6.08 Å². The second-order valence-corrected chi connectivity index (χ2v) is 39.0. The van der Waals surface area contributed by atoms with E-state index in [1.165, 1.54) is 43.8 Å². The van der Waals surface area contributed by atoms with E-state index < -0.39 is 36.0 Å². The van der Waals surface area contributed by atoms with E-state index in [2.05, 4.69) is 162 Å². The van der Waals surface area contributed by atoms with Gasteiger partial charge in [-0.1, -0.05) is 83.1 Å². The van der Waals surface area contributed by atoms with E-state index in [4.69, 9.17) is 4.74 Å². The summed E-state index contributed by atoms with van der Waals surface area (Å²) in [6, 6.07) is -1.54. The molecule has 3 fully saturated rings. The van der Waals surface area contributed by atoms with Gasteiger partial charge < -0.3 is 40.3 Å². The molecule has 0 saturated heterocycles. The number of hydrogen-bond donors (Lipinski definition) is 4. The Morgan fingerprint density at radius 1 is 0.658 bits per heavy atom. The van der Waals surface area contributed by atoms with Crippen LogP contribution in [0.25, 0.3) is 0 Å². The van der Waals surface area contributed by atoms with Gasteiger partial charge in [0.25, 0.3) is 0 Å². The van der Waals surface area contributed by atoms with Crippen LogP contribution in [0.2, 0.25) is 0 Å². The maximum absolute atomic E-state index is 12.7. The van der Waals surface area contributed by atoms with Crippen molar-refractivity contribution in [3.8, 4) is 0 Å². The molecule has 4 amide bonds. The van der Waals surface area contributed by atoms with Gasteiger partial charge >= 0.3 is 80.5 Å². The van der Waals surface area contributed by atoms with E-state index in [-0.39, 0.29) is 41.9 Å². The molecule has 3 atom stereocenters. The molecule has 432 valence electrons. The zero-order chi connectivity index (χ0) is 57.8. The first-order valence-electron chi connectivity index (χ1n) is 25.1. The SMILES string of the molecule is CC(C)c1nc(CN(C(=O)N[C@H](C(=O)O)C(C)C)C2CC2)cs1.CC(C)c1nc(CNC2CC2)cs1.COC(=O)[C@@H](N=C=O)C(C)C.COC(=O)[C@@H](NC(=O)N(Cc1csc(C(C)C)n1)C1CC1)C(C)C.II.I[I-]I. The number of methoxy groups -OCH3 is 2. The third kappa shape index (κ3) is 28.5. The molecule has 6 rings (SSSR count). The molecule has 3 aromatic rings. The van der Waals surface area contributed by atoms with Crippen LogP contribution < -0.4 is 29.2 Å². The third-order valence-corrected chi connectivity index (χ3v) is 15.0. The van der Waals surface area contributed by atoms with Gasteiger partial charge in [-0.2, -0.15) is 4.99 Å². The maximum atomic E-state index is 12.7. The third-order valence-electron chi connectivity index (χ3n) is 11.4. The molecule has 3 heterocycles. The van der Waals surface area contributed by atoms with Gasteiger partial charge in [0.15, 0.2) is 6.04 Å². The number of carbonyl (C=O) groups is 5. The second-order valence-electron chi connectivity index (χ2n) is 20.1. The first-order chi connectivity index (χ1) is 35.9. The number of nitrogens with one attached hydrogen (secondary N) is 3. The average Bonchev–Trinajstić information content (AvgIpc) is 4.36. The van der Waals surface area contributed by atoms with Crippen LogP contribution in [0, 0.1) is 17.8 Å². The number of rotatable bonds is 21. The van der Waals surface area contributed by atoms with Crippen LogP contribution in [-0.2, 0) is 48.3 Å². The van der Waals surface area contributed by atoms with Crippen molar-refractivity contribution in [2.45, 2.75) is 195 Å². The first-order valence-corrected chi connectivity index (χ1v) is 46.6. The summed E-state index contributed by atoms with van der Waals surface area (Å²) in [5, 5.41) is 27.7. The number of carboxylic acid groups (broad SMARTS) is 1. The summed E-state index contributed by atoms with van der Waals surface area (Å²) < 4.78 is 9.21. The summed E-state index contributed by atoms with van der Waals surface area (Å²) in [7, 11) is 2.60. The molecule has 76 heavy (non-hydrogen) atoms. The Hall–Kier alpha value is -1.17. The number of thiazole rings is 3. The molecule has 3 aliphatic rings. The normalized spacial score (nSPS) is 14.6. The predicted octanol–water partition coefficient (Wildman–Crippen LogP) is 9.77. The molecule has 0 spiro atoms. The number of carboxylic acids is 1. The standard InChI is InChI=1S/C17H27N3O3S.C16H25N3O3S.C10H16N2S.C7H11NO3.I3.I2/c1-10(2)14(16(21)23-5)19-17(22)20(13-6-7-13)8-12-9-24-15(18-12)11(3)4;1-9(2)13(15(20)21)18-16(22)19(12-5-6-12)7-11-8-23-14(17-11)10(3)4;1-7(2)10-12-9(6-13-10)5-11-8-3-4-8;1-5(2)6(8-4-9)7(10)11-3;1-3-2;1-2/h9-11,13-14H,6-8H2,1-5H3,(H,19,22);8-10,12-13H,5-7H2,1-4H3,(H,18,22)(H,20,21);6-8,11H,3-5H2,1-2H3;5-6H,1-3H3;;/q;;;;-1;/t14-;13-;;6-;;/m00.0../s1. The van der Waals surface area contributed by atoms with E-state index in [1.807, 2.05) is 24.6 Å². The van der Waals surface area contributed by atoms with Gasteiger partial charge in [0, 0.05) is 95.8 Å². The summed E-state index contributed by atoms with van der Waals surface area (Å²) in [4.78, 5) is 89.6. The fourth-order valence-electron chi connectivity index (χ4n) is 6.60. The number of carbonyl (C=O) groups excluding carboxylic acids is 5. The Labute approximate surface area is 516 Å². The number of aromatic nitrogens is 3. The summed E-state index contributed by atoms with van der Waals surface area (Å²) in [6.45, 7) is 25.6. The topological polar surface area (TPSA) is 235 Å². The molecule has 0 radical (unpaired) electrons. The van der Waals surface area contributed by atoms with Crippen molar-refractivity contribution >= 4 is 145 Å². The van der Waals surface area contributed by atoms with E-state index >= 15 is 0 Å². The van der Waals surface area contributed by atoms with Crippen LogP contribution in [0.15, 0.2) is 21.1 Å². The summed E-state index contributed by atoms with van der Waals surface area (Å²) >= 11 is 14.5. The Kier molecular flexibility index (Phi) is 37.7. The van der Waals surface area contributed by atoms with Crippen molar-refractivity contribution in [1.29, 1.82) is 0 Å². The van der Waals surface area contributed by atoms with Crippen LogP contribution in [0.3, 0.4) is 0 Å². The molecule has 0 unspecified atom stereocenters. The molecule has 3 aliphatic carbocycles. The molecular formula is C50H79I5N9O9S3-. The van der Waals surface area contributed by atoms with E-state index in [0.717, 1.165) is 59.7 Å². The summed E-state index contributed by atoms with van der Waals surface area (Å²) in [5.74, 6) is -0.818. The number of amides is 4. The van der Waals surface area contributed by atoms with Crippen molar-refractivity contribution in [2.24, 2.45) is 22.7 Å². The Balaban J connectivity index is 0.000000513. The number of esters is 2. The fraction of sp³-hybridized carbons (Fsp3) is 0.700. The molecule has 0 bridgehead atoms. The monoisotopic (exact) mass is 1680 g/mol. The van der Waals surface area contributed by atoms with Gasteiger partial charge in [0.05, 0.1) is 59.4 Å². The Morgan fingerprint density at radius 3 is 1.32 bits per heavy atom. The first kappa shape index (κ1) is 72.8. The van der Waals surface area contributed by atoms with E-state index in [0.29, 0.717) is 44.1 Å². The molecule has 3 aromatic heterocycles. The molecule has 3 saturated carbocycles. The van der Waals surface area contributed by atoms with Crippen LogP contribution in [0.4, 0.5) is 9.59 Å². The average molecular weight is 1680 g/mol. The minimum atomic E-state index is -1.00. The second kappa shape index (κ2) is 39.3. The number of ether oxygens (including phenoxy) is 2. The van der Waals surface area contributed by atoms with Crippen LogP contribution in [-0.4, -0.2) is 116 Å². The van der Waals surface area contributed by atoms with Crippen molar-refractivity contribution in [3.63, 3.8) is 0 Å². The van der Waals surface area contributed by atoms with Gasteiger partial charge in [-0.05, 0) is 56.3 Å². The number of urea groups is 2. The van der Waals surface area contributed by atoms with Crippen molar-refractivity contribution in [1.82, 2.24) is 40.7 Å². The zero-order valence-corrected chi connectivity index (χ0v) is 59.3. The van der Waals surface area contributed by atoms with Crippen molar-refractivity contribution in [2.75, 3.05) is 14.2 Å². The van der Waals surface area contributed by atoms with Crippen LogP contribution in [0.5, 0.6) is 0 Å². The number of isocyanates is 1. The van der Waals surface area contributed by atoms with Crippen LogP contribution >= 0.6 is 108 Å². The molecule has 0 aromatic carbocycles. The van der Waals surface area contributed by atoms with Gasteiger partial charge in [0.1, 0.15) is 12.1 Å². The molecule has 18 nitrogen and oxygen atoms in total. The van der Waals surface area contributed by atoms with Gasteiger partial charge in [-0.15, -0.1) is 34.0 Å². The number of aliphatic carboxylic acids is 1. The number of halogens is 5.